The van der Waals surface area contributed by atoms with Gasteiger partial charge in [0.1, 0.15) is 11.5 Å². The Labute approximate surface area is 109 Å². The van der Waals surface area contributed by atoms with Crippen molar-refractivity contribution in [1.29, 1.82) is 0 Å². The molecule has 0 spiro atoms. The molecule has 0 N–H and O–H groups in total. The Balaban J connectivity index is 1.85. The number of hydrogen-bond donors (Lipinski definition) is 0. The predicted molar refractivity (Wildman–Crippen MR) is 72.9 cm³/mol. The van der Waals surface area contributed by atoms with Crippen LogP contribution in [-0.2, 0) is 11.2 Å². The molecule has 1 aromatic carbocycles. The summed E-state index contributed by atoms with van der Waals surface area (Å²) in [5.41, 5.74) is 1.06. The van der Waals surface area contributed by atoms with Gasteiger partial charge in [0.05, 0.1) is 7.11 Å². The lowest BCUT2D eigenvalue weighted by Crippen LogP contribution is -2.13. The summed E-state index contributed by atoms with van der Waals surface area (Å²) in [5.74, 6) is 1.84. The van der Waals surface area contributed by atoms with Gasteiger partial charge in [-0.25, -0.2) is 0 Å². The first-order valence-corrected chi connectivity index (χ1v) is 6.92. The van der Waals surface area contributed by atoms with Crippen LogP contribution in [0.15, 0.2) is 24.3 Å². The van der Waals surface area contributed by atoms with Crippen molar-refractivity contribution >= 4 is 5.78 Å². The number of methoxy groups -OCH3 is 1. The van der Waals surface area contributed by atoms with Crippen LogP contribution in [0.4, 0.5) is 0 Å². The summed E-state index contributed by atoms with van der Waals surface area (Å²) in [7, 11) is 1.66. The molecule has 2 nitrogen and oxygen atoms in total. The fourth-order valence-corrected chi connectivity index (χ4v) is 2.80. The molecule has 1 aliphatic rings. The van der Waals surface area contributed by atoms with Gasteiger partial charge in [0.15, 0.2) is 0 Å². The molecule has 2 heteroatoms. The Morgan fingerprint density at radius 3 is 2.78 bits per heavy atom. The average molecular weight is 246 g/mol. The number of ether oxygens (including phenoxy) is 1. The number of benzene rings is 1. The SMILES string of the molecule is COc1cccc(CC(=O)CC2CCCCC2)c1. The van der Waals surface area contributed by atoms with E-state index in [1.807, 2.05) is 24.3 Å². The van der Waals surface area contributed by atoms with Crippen LogP contribution in [-0.4, -0.2) is 12.9 Å². The summed E-state index contributed by atoms with van der Waals surface area (Å²) in [6.07, 6.45) is 7.74. The Hall–Kier alpha value is -1.31. The van der Waals surface area contributed by atoms with Crippen molar-refractivity contribution in [3.05, 3.63) is 29.8 Å². The maximum atomic E-state index is 12.0. The van der Waals surface area contributed by atoms with Crippen LogP contribution in [0.25, 0.3) is 0 Å². The molecule has 1 saturated carbocycles. The van der Waals surface area contributed by atoms with Crippen molar-refractivity contribution in [2.75, 3.05) is 7.11 Å². The van der Waals surface area contributed by atoms with Crippen LogP contribution in [0.5, 0.6) is 5.75 Å². The number of Topliss-reactive ketones (excluding diaryl/α,β-unsaturated/α-hetero) is 1. The van der Waals surface area contributed by atoms with Gasteiger partial charge in [0.2, 0.25) is 0 Å². The van der Waals surface area contributed by atoms with Crippen LogP contribution in [0.3, 0.4) is 0 Å². The molecule has 0 unspecified atom stereocenters. The van der Waals surface area contributed by atoms with E-state index in [0.717, 1.165) is 17.7 Å². The molecule has 2 rings (SSSR count). The molecule has 0 aromatic heterocycles. The molecular formula is C16H22O2. The minimum atomic E-state index is 0.371. The quantitative estimate of drug-likeness (QED) is 0.790. The van der Waals surface area contributed by atoms with Crippen molar-refractivity contribution < 1.29 is 9.53 Å². The van der Waals surface area contributed by atoms with Crippen molar-refractivity contribution in [3.63, 3.8) is 0 Å². The molecule has 0 atom stereocenters. The second-order valence-corrected chi connectivity index (χ2v) is 5.28. The first kappa shape index (κ1) is 13.1. The van der Waals surface area contributed by atoms with Crippen molar-refractivity contribution in [2.24, 2.45) is 5.92 Å². The molecule has 0 amide bonds. The lowest BCUT2D eigenvalue weighted by Gasteiger charge is -2.20. The maximum absolute atomic E-state index is 12.0. The highest BCUT2D eigenvalue weighted by Crippen LogP contribution is 2.27. The number of rotatable bonds is 5. The Morgan fingerprint density at radius 1 is 1.28 bits per heavy atom. The Morgan fingerprint density at radius 2 is 2.06 bits per heavy atom. The van der Waals surface area contributed by atoms with E-state index in [1.54, 1.807) is 7.11 Å². The molecule has 18 heavy (non-hydrogen) atoms. The topological polar surface area (TPSA) is 26.3 Å². The van der Waals surface area contributed by atoms with Crippen LogP contribution >= 0.6 is 0 Å². The third-order valence-corrected chi connectivity index (χ3v) is 3.78. The molecule has 0 heterocycles. The van der Waals surface area contributed by atoms with Gasteiger partial charge in [-0.15, -0.1) is 0 Å². The first-order valence-electron chi connectivity index (χ1n) is 6.92. The standard InChI is InChI=1S/C16H22O2/c1-18-16-9-5-8-14(12-16)11-15(17)10-13-6-3-2-4-7-13/h5,8-9,12-13H,2-4,6-7,10-11H2,1H3. The highest BCUT2D eigenvalue weighted by atomic mass is 16.5. The molecule has 0 bridgehead atoms. The average Bonchev–Trinajstić information content (AvgIpc) is 2.40. The van der Waals surface area contributed by atoms with E-state index in [4.69, 9.17) is 4.74 Å². The molecule has 0 aliphatic heterocycles. The lowest BCUT2D eigenvalue weighted by atomic mass is 9.85. The summed E-state index contributed by atoms with van der Waals surface area (Å²) in [6.45, 7) is 0. The van der Waals surface area contributed by atoms with Gasteiger partial charge in [-0.05, 0) is 23.6 Å². The van der Waals surface area contributed by atoms with Crippen LogP contribution in [0.1, 0.15) is 44.1 Å². The monoisotopic (exact) mass is 246 g/mol. The maximum Gasteiger partial charge on any atom is 0.137 e. The second kappa shape index (κ2) is 6.58. The van der Waals surface area contributed by atoms with E-state index in [1.165, 1.54) is 32.1 Å². The molecule has 1 aromatic rings. The smallest absolute Gasteiger partial charge is 0.137 e. The largest absolute Gasteiger partial charge is 0.497 e. The summed E-state index contributed by atoms with van der Waals surface area (Å²) in [6, 6.07) is 7.82. The predicted octanol–water partition coefficient (Wildman–Crippen LogP) is 3.78. The molecule has 98 valence electrons. The lowest BCUT2D eigenvalue weighted by molar-refractivity contribution is -0.119. The highest BCUT2D eigenvalue weighted by Gasteiger charge is 2.17. The van der Waals surface area contributed by atoms with Crippen LogP contribution < -0.4 is 4.74 Å². The molecule has 0 radical (unpaired) electrons. The van der Waals surface area contributed by atoms with E-state index in [9.17, 15) is 4.79 Å². The van der Waals surface area contributed by atoms with Gasteiger partial charge in [0, 0.05) is 12.8 Å². The van der Waals surface area contributed by atoms with Gasteiger partial charge < -0.3 is 4.74 Å². The number of carbonyl (C=O) groups is 1. The van der Waals surface area contributed by atoms with E-state index < -0.39 is 0 Å². The van der Waals surface area contributed by atoms with E-state index >= 15 is 0 Å². The minimum absolute atomic E-state index is 0.371. The van der Waals surface area contributed by atoms with Gasteiger partial charge in [-0.2, -0.15) is 0 Å². The third kappa shape index (κ3) is 3.86. The third-order valence-electron chi connectivity index (χ3n) is 3.78. The molecular weight excluding hydrogens is 224 g/mol. The molecule has 1 aliphatic carbocycles. The minimum Gasteiger partial charge on any atom is -0.497 e. The summed E-state index contributed by atoms with van der Waals surface area (Å²) in [4.78, 5) is 12.0. The number of hydrogen-bond acceptors (Lipinski definition) is 2. The number of carbonyl (C=O) groups excluding carboxylic acids is 1. The van der Waals surface area contributed by atoms with Crippen molar-refractivity contribution in [1.82, 2.24) is 0 Å². The van der Waals surface area contributed by atoms with Crippen molar-refractivity contribution in [3.8, 4) is 5.75 Å². The zero-order valence-electron chi connectivity index (χ0n) is 11.2. The summed E-state index contributed by atoms with van der Waals surface area (Å²) < 4.78 is 5.18. The molecule has 0 saturated heterocycles. The van der Waals surface area contributed by atoms with Crippen molar-refractivity contribution in [2.45, 2.75) is 44.9 Å². The van der Waals surface area contributed by atoms with Crippen LogP contribution in [0.2, 0.25) is 0 Å². The Bertz CT molecular complexity index is 392. The summed E-state index contributed by atoms with van der Waals surface area (Å²) in [5, 5.41) is 0. The van der Waals surface area contributed by atoms with Gasteiger partial charge >= 0.3 is 0 Å². The van der Waals surface area contributed by atoms with Gasteiger partial charge in [0.25, 0.3) is 0 Å². The first-order chi connectivity index (χ1) is 8.78. The van der Waals surface area contributed by atoms with Gasteiger partial charge in [-0.1, -0.05) is 44.2 Å². The van der Waals surface area contributed by atoms with Gasteiger partial charge in [-0.3, -0.25) is 4.79 Å². The molecule has 1 fully saturated rings. The van der Waals surface area contributed by atoms with E-state index in [-0.39, 0.29) is 0 Å². The van der Waals surface area contributed by atoms with E-state index in [2.05, 4.69) is 0 Å². The zero-order valence-corrected chi connectivity index (χ0v) is 11.2. The summed E-state index contributed by atoms with van der Waals surface area (Å²) >= 11 is 0. The van der Waals surface area contributed by atoms with Crippen LogP contribution in [0, 0.1) is 5.92 Å². The van der Waals surface area contributed by atoms with E-state index in [0.29, 0.717) is 18.1 Å². The fourth-order valence-electron chi connectivity index (χ4n) is 2.80. The zero-order chi connectivity index (χ0) is 12.8. The highest BCUT2D eigenvalue weighted by molar-refractivity contribution is 5.81. The Kier molecular flexibility index (Phi) is 4.80. The normalized spacial score (nSPS) is 16.5. The fraction of sp³-hybridized carbons (Fsp3) is 0.562. The number of ketones is 1. The second-order valence-electron chi connectivity index (χ2n) is 5.28.